The Morgan fingerprint density at radius 2 is 2.00 bits per heavy atom. The van der Waals surface area contributed by atoms with Gasteiger partial charge in [-0.25, -0.2) is 14.8 Å². The van der Waals surface area contributed by atoms with Gasteiger partial charge in [-0.3, -0.25) is 8.97 Å². The van der Waals surface area contributed by atoms with E-state index in [1.807, 2.05) is 45.0 Å². The maximum absolute atomic E-state index is 12.7. The molecule has 0 saturated carbocycles. The van der Waals surface area contributed by atoms with Crippen LogP contribution in [0.25, 0.3) is 27.8 Å². The smallest absolute Gasteiger partial charge is 0.419 e. The molecule has 8 heteroatoms. The Balaban J connectivity index is 1.96. The highest BCUT2D eigenvalue weighted by molar-refractivity contribution is 6.32. The molecular formula is C19H18ClN5O2. The zero-order valence-corrected chi connectivity index (χ0v) is 15.9. The summed E-state index contributed by atoms with van der Waals surface area (Å²) in [5, 5.41) is 1.18. The molecule has 27 heavy (non-hydrogen) atoms. The molecule has 0 saturated heterocycles. The van der Waals surface area contributed by atoms with Crippen LogP contribution in [0.3, 0.4) is 0 Å². The molecule has 7 nitrogen and oxygen atoms in total. The summed E-state index contributed by atoms with van der Waals surface area (Å²) in [5.74, 6) is 0.258. The first-order valence-electron chi connectivity index (χ1n) is 8.38. The van der Waals surface area contributed by atoms with Crippen LogP contribution < -0.4 is 5.73 Å². The maximum atomic E-state index is 12.7. The number of rotatable bonds is 1. The Bertz CT molecular complexity index is 1190. The highest BCUT2D eigenvalue weighted by atomic mass is 35.5. The molecule has 0 aliphatic carbocycles. The summed E-state index contributed by atoms with van der Waals surface area (Å²) >= 11 is 6.56. The number of carbonyl (C=O) groups is 1. The molecule has 3 aromatic heterocycles. The highest BCUT2D eigenvalue weighted by Crippen LogP contribution is 2.35. The van der Waals surface area contributed by atoms with Crippen molar-refractivity contribution in [3.63, 3.8) is 0 Å². The summed E-state index contributed by atoms with van der Waals surface area (Å²) in [4.78, 5) is 21.3. The molecule has 0 bridgehead atoms. The van der Waals surface area contributed by atoms with Crippen molar-refractivity contribution < 1.29 is 9.53 Å². The highest BCUT2D eigenvalue weighted by Gasteiger charge is 2.23. The standard InChI is InChI=1S/C19H18ClN5O2/c1-19(2,3)27-18(26)25-10-12(11-6-4-5-7-13(11)25)14-15(20)24-9-8-22-17(24)16(21)23-14/h4-10H,1-3H3,(H2,21,23). The Hall–Kier alpha value is -3.06. The van der Waals surface area contributed by atoms with Gasteiger partial charge in [-0.2, -0.15) is 0 Å². The fourth-order valence-electron chi connectivity index (χ4n) is 2.98. The van der Waals surface area contributed by atoms with Crippen molar-refractivity contribution in [1.29, 1.82) is 0 Å². The molecule has 0 aliphatic rings. The fourth-order valence-corrected chi connectivity index (χ4v) is 3.26. The molecule has 138 valence electrons. The van der Waals surface area contributed by atoms with E-state index >= 15 is 0 Å². The van der Waals surface area contributed by atoms with E-state index in [2.05, 4.69) is 9.97 Å². The van der Waals surface area contributed by atoms with Crippen LogP contribution in [0.5, 0.6) is 0 Å². The number of para-hydroxylation sites is 1. The molecular weight excluding hydrogens is 366 g/mol. The minimum atomic E-state index is -0.612. The molecule has 0 amide bonds. The third-order valence-corrected chi connectivity index (χ3v) is 4.43. The van der Waals surface area contributed by atoms with Crippen LogP contribution in [0.15, 0.2) is 42.9 Å². The number of nitrogens with zero attached hydrogens (tertiary/aromatic N) is 4. The quantitative estimate of drug-likeness (QED) is 0.527. The zero-order chi connectivity index (χ0) is 19.3. The lowest BCUT2D eigenvalue weighted by Crippen LogP contribution is -2.26. The SMILES string of the molecule is CC(C)(C)OC(=O)n1cc(-c2nc(N)c3nccn3c2Cl)c2ccccc21. The van der Waals surface area contributed by atoms with Gasteiger partial charge in [-0.05, 0) is 26.8 Å². The van der Waals surface area contributed by atoms with Crippen LogP contribution in [-0.4, -0.2) is 30.6 Å². The first-order valence-corrected chi connectivity index (χ1v) is 8.76. The number of nitrogens with two attached hydrogens (primary N) is 1. The number of hydrogen-bond donors (Lipinski definition) is 1. The fraction of sp³-hybridized carbons (Fsp3) is 0.211. The number of nitrogen functional groups attached to an aromatic ring is 1. The predicted octanol–water partition coefficient (Wildman–Crippen LogP) is 4.37. The van der Waals surface area contributed by atoms with Gasteiger partial charge in [0, 0.05) is 29.5 Å². The van der Waals surface area contributed by atoms with Crippen LogP contribution >= 0.6 is 11.6 Å². The van der Waals surface area contributed by atoms with Gasteiger partial charge in [0.2, 0.25) is 0 Å². The van der Waals surface area contributed by atoms with Gasteiger partial charge in [0.1, 0.15) is 16.4 Å². The third-order valence-electron chi connectivity index (χ3n) is 4.07. The monoisotopic (exact) mass is 383 g/mol. The molecule has 4 aromatic rings. The molecule has 1 aromatic carbocycles. The van der Waals surface area contributed by atoms with Crippen LogP contribution in [0.2, 0.25) is 5.15 Å². The van der Waals surface area contributed by atoms with Crippen molar-refractivity contribution in [3.8, 4) is 11.3 Å². The summed E-state index contributed by atoms with van der Waals surface area (Å²) in [6, 6.07) is 7.49. The number of anilines is 1. The summed E-state index contributed by atoms with van der Waals surface area (Å²) in [7, 11) is 0. The normalized spacial score (nSPS) is 12.0. The molecule has 3 heterocycles. The van der Waals surface area contributed by atoms with Gasteiger partial charge < -0.3 is 10.5 Å². The van der Waals surface area contributed by atoms with Gasteiger partial charge in [0.25, 0.3) is 0 Å². The predicted molar refractivity (Wildman–Crippen MR) is 105 cm³/mol. The minimum Gasteiger partial charge on any atom is -0.443 e. The minimum absolute atomic E-state index is 0.258. The second kappa shape index (κ2) is 5.99. The van der Waals surface area contributed by atoms with Gasteiger partial charge in [0.15, 0.2) is 11.5 Å². The number of carbonyl (C=O) groups excluding carboxylic acids is 1. The molecule has 0 unspecified atom stereocenters. The number of fused-ring (bicyclic) bond motifs is 2. The van der Waals surface area contributed by atoms with Crippen LogP contribution in [0, 0.1) is 0 Å². The topological polar surface area (TPSA) is 87.4 Å². The Morgan fingerprint density at radius 1 is 1.26 bits per heavy atom. The van der Waals surface area contributed by atoms with E-state index < -0.39 is 11.7 Å². The summed E-state index contributed by atoms with van der Waals surface area (Å²) in [6.07, 6.45) is 4.52. The zero-order valence-electron chi connectivity index (χ0n) is 15.1. The van der Waals surface area contributed by atoms with Gasteiger partial charge in [0.05, 0.1) is 5.52 Å². The molecule has 0 radical (unpaired) electrons. The summed E-state index contributed by atoms with van der Waals surface area (Å²) in [6.45, 7) is 5.47. The van der Waals surface area contributed by atoms with E-state index in [1.54, 1.807) is 23.0 Å². The molecule has 0 fully saturated rings. The van der Waals surface area contributed by atoms with E-state index in [0.717, 1.165) is 5.39 Å². The molecule has 0 spiro atoms. The molecule has 0 atom stereocenters. The van der Waals surface area contributed by atoms with Crippen molar-refractivity contribution in [1.82, 2.24) is 18.9 Å². The number of imidazole rings is 1. The Labute approximate surface area is 160 Å². The van der Waals surface area contributed by atoms with Crippen LogP contribution in [-0.2, 0) is 4.74 Å². The van der Waals surface area contributed by atoms with Crippen molar-refractivity contribution in [2.45, 2.75) is 26.4 Å². The Morgan fingerprint density at radius 3 is 2.74 bits per heavy atom. The maximum Gasteiger partial charge on any atom is 0.419 e. The lowest BCUT2D eigenvalue weighted by atomic mass is 10.1. The van der Waals surface area contributed by atoms with Crippen molar-refractivity contribution >= 4 is 40.1 Å². The van der Waals surface area contributed by atoms with Crippen molar-refractivity contribution in [2.24, 2.45) is 0 Å². The number of aromatic nitrogens is 4. The van der Waals surface area contributed by atoms with Gasteiger partial charge in [-0.15, -0.1) is 0 Å². The van der Waals surface area contributed by atoms with E-state index in [9.17, 15) is 4.79 Å². The lowest BCUT2D eigenvalue weighted by Gasteiger charge is -2.19. The molecule has 4 rings (SSSR count). The summed E-state index contributed by atoms with van der Waals surface area (Å²) < 4.78 is 8.65. The first kappa shape index (κ1) is 17.4. The average Bonchev–Trinajstić information content (AvgIpc) is 3.22. The summed E-state index contributed by atoms with van der Waals surface area (Å²) in [5.41, 5.74) is 7.78. The number of halogens is 1. The van der Waals surface area contributed by atoms with Crippen molar-refractivity contribution in [2.75, 3.05) is 5.73 Å². The van der Waals surface area contributed by atoms with Crippen LogP contribution in [0.1, 0.15) is 20.8 Å². The lowest BCUT2D eigenvalue weighted by molar-refractivity contribution is 0.0544. The molecule has 2 N–H and O–H groups in total. The van der Waals surface area contributed by atoms with E-state index in [1.165, 1.54) is 4.57 Å². The number of hydrogen-bond acceptors (Lipinski definition) is 5. The Kier molecular flexibility index (Phi) is 3.85. The van der Waals surface area contributed by atoms with Gasteiger partial charge >= 0.3 is 6.09 Å². The largest absolute Gasteiger partial charge is 0.443 e. The van der Waals surface area contributed by atoms with Gasteiger partial charge in [-0.1, -0.05) is 29.8 Å². The molecule has 0 aliphatic heterocycles. The number of benzene rings is 1. The first-order chi connectivity index (χ1) is 12.8. The average molecular weight is 384 g/mol. The second-order valence-electron chi connectivity index (χ2n) is 7.17. The van der Waals surface area contributed by atoms with Crippen LogP contribution in [0.4, 0.5) is 10.6 Å². The van der Waals surface area contributed by atoms with Crippen molar-refractivity contribution in [3.05, 3.63) is 48.0 Å². The third kappa shape index (κ3) is 2.90. The van der Waals surface area contributed by atoms with E-state index in [0.29, 0.717) is 27.6 Å². The van der Waals surface area contributed by atoms with E-state index in [-0.39, 0.29) is 5.82 Å². The second-order valence-corrected chi connectivity index (χ2v) is 7.53. The number of ether oxygens (including phenoxy) is 1. The van der Waals surface area contributed by atoms with E-state index in [4.69, 9.17) is 22.1 Å².